The Labute approximate surface area is 176 Å². The Hall–Kier alpha value is -3.63. The Bertz CT molecular complexity index is 1010. The maximum Gasteiger partial charge on any atom is 0.263 e. The highest BCUT2D eigenvalue weighted by Crippen LogP contribution is 2.31. The third-order valence-electron chi connectivity index (χ3n) is 4.93. The monoisotopic (exact) mass is 401 g/mol. The molecule has 0 spiro atoms. The Balaban J connectivity index is 1.57. The highest BCUT2D eigenvalue weighted by atomic mass is 16.5. The number of piperazine rings is 1. The van der Waals surface area contributed by atoms with Gasteiger partial charge in [-0.05, 0) is 36.9 Å². The van der Waals surface area contributed by atoms with Gasteiger partial charge in [-0.1, -0.05) is 30.3 Å². The molecule has 30 heavy (non-hydrogen) atoms. The molecule has 1 fully saturated rings. The molecule has 1 aliphatic heterocycles. The van der Waals surface area contributed by atoms with Gasteiger partial charge in [-0.25, -0.2) is 4.98 Å². The van der Waals surface area contributed by atoms with Gasteiger partial charge >= 0.3 is 0 Å². The van der Waals surface area contributed by atoms with Gasteiger partial charge in [0.15, 0.2) is 0 Å². The molecule has 0 saturated carbocycles. The molecule has 0 N–H and O–H groups in total. The van der Waals surface area contributed by atoms with Crippen molar-refractivity contribution in [2.45, 2.75) is 6.61 Å². The normalized spacial score (nSPS) is 14.2. The van der Waals surface area contributed by atoms with E-state index in [9.17, 15) is 0 Å². The van der Waals surface area contributed by atoms with Crippen molar-refractivity contribution < 1.29 is 9.47 Å². The summed E-state index contributed by atoms with van der Waals surface area (Å²) in [5.74, 6) is 2.06. The average molecular weight is 401 g/mol. The molecule has 2 aromatic carbocycles. The van der Waals surface area contributed by atoms with Crippen molar-refractivity contribution in [1.82, 2.24) is 14.9 Å². The van der Waals surface area contributed by atoms with Gasteiger partial charge in [0, 0.05) is 26.2 Å². The number of anilines is 1. The second-order valence-corrected chi connectivity index (χ2v) is 7.14. The third kappa shape index (κ3) is 4.85. The molecule has 0 bridgehead atoms. The molecule has 0 amide bonds. The highest BCUT2D eigenvalue weighted by Gasteiger charge is 2.19. The van der Waals surface area contributed by atoms with E-state index in [0.29, 0.717) is 35.5 Å². The first kappa shape index (κ1) is 19.7. The van der Waals surface area contributed by atoms with Crippen LogP contribution in [0.25, 0.3) is 0 Å². The molecule has 0 atom stereocenters. The van der Waals surface area contributed by atoms with Crippen LogP contribution in [0.4, 0.5) is 5.95 Å². The van der Waals surface area contributed by atoms with E-state index in [-0.39, 0.29) is 0 Å². The molecule has 2 heterocycles. The lowest BCUT2D eigenvalue weighted by atomic mass is 10.2. The lowest BCUT2D eigenvalue weighted by Crippen LogP contribution is -2.45. The van der Waals surface area contributed by atoms with E-state index in [1.807, 2.05) is 30.3 Å². The van der Waals surface area contributed by atoms with Gasteiger partial charge in [-0.2, -0.15) is 10.2 Å². The zero-order valence-electron chi connectivity index (χ0n) is 16.9. The Morgan fingerprint density at radius 3 is 2.43 bits per heavy atom. The molecule has 7 heteroatoms. The van der Waals surface area contributed by atoms with Crippen molar-refractivity contribution >= 4 is 5.95 Å². The first-order chi connectivity index (χ1) is 14.7. The molecule has 7 nitrogen and oxygen atoms in total. The summed E-state index contributed by atoms with van der Waals surface area (Å²) in [6, 6.07) is 18.9. The average Bonchev–Trinajstić information content (AvgIpc) is 2.80. The predicted octanol–water partition coefficient (Wildman–Crippen LogP) is 3.47. The molecule has 4 rings (SSSR count). The topological polar surface area (TPSA) is 74.5 Å². The SMILES string of the molecule is CN1CCN(c2ncc(Oc3ccc(C#N)cc3)c(OCc3ccccc3)n2)CC1. The van der Waals surface area contributed by atoms with Gasteiger partial charge in [0.05, 0.1) is 17.8 Å². The number of hydrogen-bond donors (Lipinski definition) is 0. The van der Waals surface area contributed by atoms with Crippen LogP contribution in [-0.2, 0) is 6.61 Å². The quantitative estimate of drug-likeness (QED) is 0.626. The highest BCUT2D eigenvalue weighted by molar-refractivity contribution is 5.43. The minimum absolute atomic E-state index is 0.379. The molecule has 0 unspecified atom stereocenters. The number of ether oxygens (including phenoxy) is 2. The number of aromatic nitrogens is 2. The molecule has 152 valence electrons. The number of nitriles is 1. The fraction of sp³-hybridized carbons (Fsp3) is 0.261. The minimum Gasteiger partial charge on any atom is -0.470 e. The molecule has 1 saturated heterocycles. The van der Waals surface area contributed by atoms with Crippen LogP contribution < -0.4 is 14.4 Å². The summed E-state index contributed by atoms with van der Waals surface area (Å²) in [5.41, 5.74) is 1.62. The fourth-order valence-electron chi connectivity index (χ4n) is 3.13. The lowest BCUT2D eigenvalue weighted by Gasteiger charge is -2.32. The largest absolute Gasteiger partial charge is 0.470 e. The summed E-state index contributed by atoms with van der Waals surface area (Å²) in [6.07, 6.45) is 1.65. The van der Waals surface area contributed by atoms with E-state index in [1.165, 1.54) is 0 Å². The summed E-state index contributed by atoms with van der Waals surface area (Å²) in [7, 11) is 2.11. The second kappa shape index (κ2) is 9.25. The van der Waals surface area contributed by atoms with E-state index in [1.54, 1.807) is 30.5 Å². The van der Waals surface area contributed by atoms with Crippen molar-refractivity contribution in [2.75, 3.05) is 38.1 Å². The van der Waals surface area contributed by atoms with Crippen molar-refractivity contribution in [1.29, 1.82) is 5.26 Å². The van der Waals surface area contributed by atoms with Crippen LogP contribution in [0, 0.1) is 11.3 Å². The molecule has 3 aromatic rings. The lowest BCUT2D eigenvalue weighted by molar-refractivity contribution is 0.276. The van der Waals surface area contributed by atoms with Gasteiger partial charge in [-0.15, -0.1) is 0 Å². The van der Waals surface area contributed by atoms with E-state index in [2.05, 4.69) is 32.9 Å². The number of rotatable bonds is 6. The summed E-state index contributed by atoms with van der Waals surface area (Å²) in [4.78, 5) is 13.6. The smallest absolute Gasteiger partial charge is 0.263 e. The van der Waals surface area contributed by atoms with Crippen LogP contribution in [0.15, 0.2) is 60.8 Å². The molecular weight excluding hydrogens is 378 g/mol. The van der Waals surface area contributed by atoms with Gasteiger partial charge in [0.2, 0.25) is 11.7 Å². The van der Waals surface area contributed by atoms with Gasteiger partial charge in [-0.3, -0.25) is 0 Å². The van der Waals surface area contributed by atoms with Crippen LogP contribution >= 0.6 is 0 Å². The van der Waals surface area contributed by atoms with Crippen LogP contribution in [0.2, 0.25) is 0 Å². The van der Waals surface area contributed by atoms with Crippen LogP contribution in [0.5, 0.6) is 17.4 Å². The van der Waals surface area contributed by atoms with Crippen LogP contribution in [0.3, 0.4) is 0 Å². The molecule has 1 aliphatic rings. The predicted molar refractivity (Wildman–Crippen MR) is 114 cm³/mol. The van der Waals surface area contributed by atoms with Crippen molar-refractivity contribution in [3.63, 3.8) is 0 Å². The van der Waals surface area contributed by atoms with Gasteiger partial charge < -0.3 is 19.3 Å². The first-order valence-corrected chi connectivity index (χ1v) is 9.86. The van der Waals surface area contributed by atoms with Crippen LogP contribution in [0.1, 0.15) is 11.1 Å². The molecule has 0 radical (unpaired) electrons. The summed E-state index contributed by atoms with van der Waals surface area (Å²) in [5, 5.41) is 8.97. The fourth-order valence-corrected chi connectivity index (χ4v) is 3.13. The number of nitrogens with zero attached hydrogens (tertiary/aromatic N) is 5. The van der Waals surface area contributed by atoms with E-state index in [0.717, 1.165) is 31.7 Å². The maximum absolute atomic E-state index is 8.97. The summed E-state index contributed by atoms with van der Waals surface area (Å²) in [6.45, 7) is 4.04. The van der Waals surface area contributed by atoms with E-state index >= 15 is 0 Å². The molecular formula is C23H23N5O2. The number of hydrogen-bond acceptors (Lipinski definition) is 7. The van der Waals surface area contributed by atoms with Crippen molar-refractivity contribution in [3.05, 3.63) is 71.9 Å². The van der Waals surface area contributed by atoms with Crippen molar-refractivity contribution in [2.24, 2.45) is 0 Å². The number of likely N-dealkylation sites (N-methyl/N-ethyl adjacent to an activating group) is 1. The Kier molecular flexibility index (Phi) is 6.06. The van der Waals surface area contributed by atoms with Crippen LogP contribution in [-0.4, -0.2) is 48.1 Å². The third-order valence-corrected chi connectivity index (χ3v) is 4.93. The second-order valence-electron chi connectivity index (χ2n) is 7.14. The molecule has 1 aromatic heterocycles. The van der Waals surface area contributed by atoms with Crippen molar-refractivity contribution in [3.8, 4) is 23.4 Å². The standard InChI is InChI=1S/C23H23N5O2/c1-27-11-13-28(14-12-27)23-25-16-21(30-20-9-7-18(15-24)8-10-20)22(26-23)29-17-19-5-3-2-4-6-19/h2-10,16H,11-14,17H2,1H3. The van der Waals surface area contributed by atoms with Gasteiger partial charge in [0.1, 0.15) is 12.4 Å². The number of benzene rings is 2. The maximum atomic E-state index is 8.97. The Morgan fingerprint density at radius 2 is 1.73 bits per heavy atom. The zero-order chi connectivity index (χ0) is 20.8. The minimum atomic E-state index is 0.379. The van der Waals surface area contributed by atoms with E-state index in [4.69, 9.17) is 14.7 Å². The zero-order valence-corrected chi connectivity index (χ0v) is 16.9. The van der Waals surface area contributed by atoms with E-state index < -0.39 is 0 Å². The summed E-state index contributed by atoms with van der Waals surface area (Å²) < 4.78 is 12.0. The molecule has 0 aliphatic carbocycles. The van der Waals surface area contributed by atoms with Gasteiger partial charge in [0.25, 0.3) is 5.88 Å². The summed E-state index contributed by atoms with van der Waals surface area (Å²) >= 11 is 0. The first-order valence-electron chi connectivity index (χ1n) is 9.86. The Morgan fingerprint density at radius 1 is 1.00 bits per heavy atom.